The van der Waals surface area contributed by atoms with Crippen LogP contribution in [0.5, 0.6) is 0 Å². The predicted molar refractivity (Wildman–Crippen MR) is 241 cm³/mol. The summed E-state index contributed by atoms with van der Waals surface area (Å²) in [5, 5.41) is 14.1. The zero-order valence-electron chi connectivity index (χ0n) is 36.4. The molecule has 3 aliphatic rings. The molecule has 64 heavy (non-hydrogen) atoms. The monoisotopic (exact) mass is 863 g/mol. The van der Waals surface area contributed by atoms with Gasteiger partial charge in [-0.2, -0.15) is 10.2 Å². The highest BCUT2D eigenvalue weighted by Gasteiger charge is 2.59. The Kier molecular flexibility index (Phi) is 10.0. The molecule has 1 N–H and O–H groups in total. The number of allylic oxidation sites excluding steroid dienone is 1. The summed E-state index contributed by atoms with van der Waals surface area (Å²) in [5.41, 5.74) is 6.34. The van der Waals surface area contributed by atoms with E-state index >= 15 is 9.18 Å². The number of alkyl carbamates (subject to hydrolysis) is 1. The maximum absolute atomic E-state index is 15.4. The van der Waals surface area contributed by atoms with E-state index < -0.39 is 11.6 Å². The number of rotatable bonds is 10. The summed E-state index contributed by atoms with van der Waals surface area (Å²) in [7, 11) is 1.87. The van der Waals surface area contributed by atoms with Crippen LogP contribution in [-0.4, -0.2) is 69.9 Å². The smallest absolute Gasteiger partial charge is 0.416 e. The van der Waals surface area contributed by atoms with Gasteiger partial charge in [0.2, 0.25) is 0 Å². The lowest BCUT2D eigenvalue weighted by Crippen LogP contribution is -2.40. The molecule has 14 nitrogen and oxygen atoms in total. The number of imidazole rings is 1. The van der Waals surface area contributed by atoms with E-state index in [1.54, 1.807) is 68.0 Å². The summed E-state index contributed by atoms with van der Waals surface area (Å²) in [6, 6.07) is 17.6. The normalized spacial score (nSPS) is 18.6. The molecule has 10 rings (SSSR count). The Morgan fingerprint density at radius 3 is 2.48 bits per heavy atom. The molecule has 2 amide bonds. The first-order chi connectivity index (χ1) is 30.9. The molecule has 328 valence electrons. The molecule has 2 fully saturated rings. The average Bonchev–Trinajstić information content (AvgIpc) is 3.60. The molecular weight excluding hydrogens is 814 g/mol. The predicted octanol–water partition coefficient (Wildman–Crippen LogP) is 8.01. The number of nitrogens with one attached hydrogen (secondary N) is 1. The highest BCUT2D eigenvalue weighted by Crippen LogP contribution is 2.58. The third-order valence-electron chi connectivity index (χ3n) is 13.6. The van der Waals surface area contributed by atoms with Crippen molar-refractivity contribution in [1.82, 2.24) is 43.5 Å². The summed E-state index contributed by atoms with van der Waals surface area (Å²) < 4.78 is 34.5. The topological polar surface area (TPSA) is 135 Å². The van der Waals surface area contributed by atoms with E-state index in [4.69, 9.17) is 14.6 Å². The van der Waals surface area contributed by atoms with Crippen LogP contribution in [0.15, 0.2) is 103 Å². The second-order valence-corrected chi connectivity index (χ2v) is 17.3. The number of hydrogen-bond acceptors (Lipinski definition) is 7. The second-order valence-electron chi connectivity index (χ2n) is 17.3. The number of amides is 2. The van der Waals surface area contributed by atoms with Crippen LogP contribution in [-0.2, 0) is 35.0 Å². The first-order valence-electron chi connectivity index (χ1n) is 21.8. The van der Waals surface area contributed by atoms with Crippen LogP contribution in [0.4, 0.5) is 9.18 Å². The molecule has 2 aliphatic heterocycles. The third kappa shape index (κ3) is 6.59. The number of carbonyl (C=O) groups excluding carboxylic acids is 2. The van der Waals surface area contributed by atoms with Crippen molar-refractivity contribution in [3.63, 3.8) is 0 Å². The molecule has 1 aliphatic carbocycles. The van der Waals surface area contributed by atoms with Crippen molar-refractivity contribution in [2.75, 3.05) is 19.8 Å². The molecular formula is C49H50FN9O5. The van der Waals surface area contributed by atoms with Crippen LogP contribution in [0.3, 0.4) is 0 Å². The number of benzene rings is 3. The van der Waals surface area contributed by atoms with Crippen LogP contribution >= 0.6 is 0 Å². The quantitative estimate of drug-likeness (QED) is 0.138. The molecule has 6 heterocycles. The number of aromatic nitrogens is 7. The molecule has 4 aromatic heterocycles. The van der Waals surface area contributed by atoms with Gasteiger partial charge in [-0.3, -0.25) is 23.9 Å². The van der Waals surface area contributed by atoms with E-state index in [1.807, 2.05) is 31.3 Å². The minimum absolute atomic E-state index is 0.0801. The summed E-state index contributed by atoms with van der Waals surface area (Å²) in [6.07, 6.45) is 9.25. The van der Waals surface area contributed by atoms with Gasteiger partial charge in [0.05, 0.1) is 47.1 Å². The highest BCUT2D eigenvalue weighted by molar-refractivity contribution is 6.00. The van der Waals surface area contributed by atoms with E-state index in [-0.39, 0.29) is 29.9 Å². The van der Waals surface area contributed by atoms with Crippen LogP contribution in [0.2, 0.25) is 0 Å². The van der Waals surface area contributed by atoms with Crippen molar-refractivity contribution in [3.05, 3.63) is 148 Å². The Balaban J connectivity index is 1.09. The Labute approximate surface area is 368 Å². The van der Waals surface area contributed by atoms with Gasteiger partial charge in [-0.25, -0.2) is 18.7 Å². The first kappa shape index (κ1) is 41.0. The van der Waals surface area contributed by atoms with Crippen molar-refractivity contribution < 1.29 is 23.5 Å². The van der Waals surface area contributed by atoms with E-state index in [1.165, 1.54) is 5.56 Å². The number of carbonyl (C=O) groups is 2. The Bertz CT molecular complexity index is 3100. The van der Waals surface area contributed by atoms with Gasteiger partial charge in [0.15, 0.2) is 0 Å². The van der Waals surface area contributed by atoms with Gasteiger partial charge >= 0.3 is 11.8 Å². The third-order valence-corrected chi connectivity index (χ3v) is 13.6. The maximum Gasteiger partial charge on any atom is 0.416 e. The van der Waals surface area contributed by atoms with Crippen LogP contribution in [0.1, 0.15) is 77.0 Å². The lowest BCUT2D eigenvalue weighted by molar-refractivity contribution is 0.0721. The fraction of sp³-hybridized carbons (Fsp3) is 0.327. The molecule has 0 unspecified atom stereocenters. The van der Waals surface area contributed by atoms with E-state index in [0.717, 1.165) is 53.0 Å². The van der Waals surface area contributed by atoms with Gasteiger partial charge in [0, 0.05) is 73.2 Å². The van der Waals surface area contributed by atoms with Gasteiger partial charge in [0.1, 0.15) is 17.3 Å². The van der Waals surface area contributed by atoms with Crippen LogP contribution in [0, 0.1) is 25.6 Å². The maximum atomic E-state index is 15.4. The molecule has 1 saturated carbocycles. The molecule has 3 aromatic carbocycles. The largest absolute Gasteiger partial charge is 0.419 e. The van der Waals surface area contributed by atoms with Gasteiger partial charge in [-0.1, -0.05) is 32.6 Å². The van der Waals surface area contributed by atoms with Crippen molar-refractivity contribution in [1.29, 1.82) is 0 Å². The highest BCUT2D eigenvalue weighted by atomic mass is 19.1. The molecule has 15 heteroatoms. The fourth-order valence-corrected chi connectivity index (χ4v) is 10.2. The number of hydrogen-bond donors (Lipinski definition) is 1. The van der Waals surface area contributed by atoms with Gasteiger partial charge < -0.3 is 18.9 Å². The lowest BCUT2D eigenvalue weighted by Gasteiger charge is -2.30. The van der Waals surface area contributed by atoms with Gasteiger partial charge in [-0.05, 0) is 110 Å². The summed E-state index contributed by atoms with van der Waals surface area (Å²) in [6.45, 7) is 15.3. The van der Waals surface area contributed by atoms with Crippen molar-refractivity contribution in [2.24, 2.45) is 13.0 Å². The number of fused-ring (bicyclic) bond motifs is 3. The molecule has 1 saturated heterocycles. The minimum Gasteiger partial charge on any atom is -0.419 e. The molecule has 2 atom stereocenters. The minimum atomic E-state index is -0.799. The Morgan fingerprint density at radius 1 is 1.00 bits per heavy atom. The fourth-order valence-electron chi connectivity index (χ4n) is 10.2. The first-order valence-corrected chi connectivity index (χ1v) is 21.8. The van der Waals surface area contributed by atoms with E-state index in [9.17, 15) is 9.59 Å². The number of halogens is 1. The average molecular weight is 864 g/mol. The number of aryl methyl sites for hydroxylation is 3. The van der Waals surface area contributed by atoms with E-state index in [0.29, 0.717) is 83.8 Å². The Hall–Kier alpha value is -7.00. The van der Waals surface area contributed by atoms with Crippen LogP contribution in [0.25, 0.3) is 39.0 Å². The zero-order chi connectivity index (χ0) is 44.6. The van der Waals surface area contributed by atoms with Crippen molar-refractivity contribution in [2.45, 2.75) is 70.9 Å². The zero-order valence-corrected chi connectivity index (χ0v) is 36.4. The SMILES string of the molecule is C=COC(=O)NC(=C)[C@]1(n2c(C(=O)N3CCc4nn(-c5cc(C)c(F)c(C)c5)c(-n5ccn(-c6ccc7c(cnn7C)c6)c5=O)c4C3)cc3cc(C4CCOCC4)ccc32)C[C@@H]1CC. The van der Waals surface area contributed by atoms with Crippen LogP contribution < -0.4 is 11.0 Å². The standard InChI is InChI=1S/C49H50FN9O5/c1-7-36-26-49(36,31(5)52-47(61)64-8-2)58-42-11-9-33(32-14-19-63-20-15-32)23-34(42)25-43(58)46(60)55-16-13-40-39(28-55)45(59(53-40)38-21-29(3)44(50)30(4)22-38)57-18-17-56(48(57)62)37-10-12-41-35(24-37)27-51-54(41)6/h8-12,17-18,21-25,27,32,36H,2,5,7,13-16,19-20,26,28H2,1,3-4,6H3,(H,52,61)/t36-,49+/m0/s1. The second kappa shape index (κ2) is 15.7. The van der Waals surface area contributed by atoms with Gasteiger partial charge in [0.25, 0.3) is 5.91 Å². The molecule has 0 spiro atoms. The number of nitrogens with zero attached hydrogens (tertiary/aromatic N) is 8. The molecule has 7 aromatic rings. The molecule has 0 bridgehead atoms. The van der Waals surface area contributed by atoms with Gasteiger partial charge in [-0.15, -0.1) is 0 Å². The Morgan fingerprint density at radius 2 is 1.75 bits per heavy atom. The summed E-state index contributed by atoms with van der Waals surface area (Å²) in [5.74, 6) is 0.367. The molecule has 0 radical (unpaired) electrons. The van der Waals surface area contributed by atoms with Crippen molar-refractivity contribution in [3.8, 4) is 17.2 Å². The van der Waals surface area contributed by atoms with Crippen molar-refractivity contribution >= 4 is 33.8 Å². The summed E-state index contributed by atoms with van der Waals surface area (Å²) in [4.78, 5) is 44.6. The van der Waals surface area contributed by atoms with E-state index in [2.05, 4.69) is 53.3 Å². The lowest BCUT2D eigenvalue weighted by atomic mass is 9.91. The number of ether oxygens (including phenoxy) is 2. The summed E-state index contributed by atoms with van der Waals surface area (Å²) >= 11 is 0.